The Morgan fingerprint density at radius 1 is 0.419 bits per heavy atom. The van der Waals surface area contributed by atoms with E-state index in [-0.39, 0.29) is 11.5 Å². The van der Waals surface area contributed by atoms with E-state index in [2.05, 4.69) is 107 Å². The third-order valence-corrected chi connectivity index (χ3v) is 8.06. The van der Waals surface area contributed by atoms with Crippen molar-refractivity contribution in [3.8, 4) is 22.6 Å². The summed E-state index contributed by atoms with van der Waals surface area (Å²) in [5.41, 5.74) is 10.3. The number of benzene rings is 6. The van der Waals surface area contributed by atoms with Crippen molar-refractivity contribution in [2.24, 2.45) is 9.98 Å². The van der Waals surface area contributed by atoms with Gasteiger partial charge < -0.3 is 10.2 Å². The van der Waals surface area contributed by atoms with Crippen molar-refractivity contribution in [1.29, 1.82) is 0 Å². The zero-order valence-corrected chi connectivity index (χ0v) is 23.3. The van der Waals surface area contributed by atoms with E-state index in [9.17, 15) is 10.2 Å². The normalized spacial score (nSPS) is 13.3. The van der Waals surface area contributed by atoms with Crippen LogP contribution in [0.2, 0.25) is 0 Å². The van der Waals surface area contributed by atoms with E-state index in [4.69, 9.17) is 0 Å². The molecule has 0 bridgehead atoms. The summed E-state index contributed by atoms with van der Waals surface area (Å²) in [4.78, 5) is 9.37. The van der Waals surface area contributed by atoms with Gasteiger partial charge in [0.1, 0.15) is 11.5 Å². The van der Waals surface area contributed by atoms with Crippen molar-refractivity contribution < 1.29 is 10.2 Å². The van der Waals surface area contributed by atoms with E-state index in [0.29, 0.717) is 0 Å². The van der Waals surface area contributed by atoms with Gasteiger partial charge in [0.05, 0.1) is 16.8 Å². The Bertz CT molecular complexity index is 1810. The highest BCUT2D eigenvalue weighted by atomic mass is 16.3. The predicted octanol–water partition coefficient (Wildman–Crippen LogP) is 8.96. The first-order chi connectivity index (χ1) is 21.1. The van der Waals surface area contributed by atoms with Crippen molar-refractivity contribution in [2.75, 3.05) is 0 Å². The van der Waals surface area contributed by atoms with Gasteiger partial charge in [0, 0.05) is 12.4 Å². The molecule has 7 rings (SSSR count). The van der Waals surface area contributed by atoms with Crippen LogP contribution in [0.5, 0.6) is 11.5 Å². The first kappa shape index (κ1) is 26.2. The molecule has 2 N–H and O–H groups in total. The van der Waals surface area contributed by atoms with Crippen LogP contribution in [0.3, 0.4) is 0 Å². The van der Waals surface area contributed by atoms with Crippen LogP contribution in [0.15, 0.2) is 156 Å². The molecule has 0 atom stereocenters. The number of phenolic OH excluding ortho intramolecular Hbond substituents is 2. The fourth-order valence-corrected chi connectivity index (χ4v) is 6.04. The summed E-state index contributed by atoms with van der Waals surface area (Å²) in [6.07, 6.45) is 3.61. The van der Waals surface area contributed by atoms with Gasteiger partial charge in [-0.3, -0.25) is 9.98 Å². The SMILES string of the molecule is Oc1ccc(/C=N\c2ccc(C3(c4ccc(/N=C\c5ccc(O)cc5)cc4)c4ccccc4-c4ccccc43)cc2)cc1. The number of aromatic hydroxyl groups is 2. The first-order valence-electron chi connectivity index (χ1n) is 14.2. The van der Waals surface area contributed by atoms with Crippen molar-refractivity contribution in [1.82, 2.24) is 0 Å². The maximum absolute atomic E-state index is 9.57. The van der Waals surface area contributed by atoms with E-state index in [1.54, 1.807) is 24.3 Å². The zero-order chi connectivity index (χ0) is 29.2. The molecule has 0 fully saturated rings. The van der Waals surface area contributed by atoms with Crippen LogP contribution in [0, 0.1) is 0 Å². The molecule has 6 aromatic rings. The van der Waals surface area contributed by atoms with Gasteiger partial charge >= 0.3 is 0 Å². The molecule has 0 aromatic heterocycles. The van der Waals surface area contributed by atoms with Crippen LogP contribution in [0.4, 0.5) is 11.4 Å². The molecule has 0 saturated carbocycles. The zero-order valence-electron chi connectivity index (χ0n) is 23.3. The molecular weight excluding hydrogens is 528 g/mol. The highest BCUT2D eigenvalue weighted by Crippen LogP contribution is 2.56. The maximum atomic E-state index is 9.57. The topological polar surface area (TPSA) is 65.2 Å². The highest BCUT2D eigenvalue weighted by Gasteiger charge is 2.45. The lowest BCUT2D eigenvalue weighted by Gasteiger charge is -2.34. The van der Waals surface area contributed by atoms with Crippen molar-refractivity contribution >= 4 is 23.8 Å². The lowest BCUT2D eigenvalue weighted by Crippen LogP contribution is -2.28. The number of aliphatic imine (C=N–C) groups is 2. The van der Waals surface area contributed by atoms with Crippen LogP contribution >= 0.6 is 0 Å². The molecule has 0 aliphatic heterocycles. The Balaban J connectivity index is 1.31. The van der Waals surface area contributed by atoms with Crippen LogP contribution in [-0.2, 0) is 5.41 Å². The standard InChI is InChI=1S/C39H28N2O2/c42-33-21-9-27(10-22-33)25-40-31-17-13-29(14-18-31)39(37-7-3-1-5-35(37)36-6-2-4-8-38(36)39)30-15-19-32(20-16-30)41-26-28-11-23-34(43)24-12-28/h1-26,42-43H/b40-25-,41-26-. The molecule has 43 heavy (non-hydrogen) atoms. The van der Waals surface area contributed by atoms with Gasteiger partial charge in [0.25, 0.3) is 0 Å². The number of hydrogen-bond acceptors (Lipinski definition) is 4. The molecule has 0 heterocycles. The summed E-state index contributed by atoms with van der Waals surface area (Å²) >= 11 is 0. The smallest absolute Gasteiger partial charge is 0.115 e. The Morgan fingerprint density at radius 2 is 0.791 bits per heavy atom. The fraction of sp³-hybridized carbons (Fsp3) is 0.0256. The average Bonchev–Trinajstić information content (AvgIpc) is 3.36. The number of hydrogen-bond donors (Lipinski definition) is 2. The molecule has 0 amide bonds. The summed E-state index contributed by atoms with van der Waals surface area (Å²) in [7, 11) is 0. The average molecular weight is 557 g/mol. The minimum absolute atomic E-state index is 0.237. The van der Waals surface area contributed by atoms with Gasteiger partial charge in [-0.1, -0.05) is 72.8 Å². The quantitative estimate of drug-likeness (QED) is 0.201. The van der Waals surface area contributed by atoms with Crippen LogP contribution in [-0.4, -0.2) is 22.6 Å². The Labute approximate surface area is 250 Å². The number of phenols is 2. The summed E-state index contributed by atoms with van der Waals surface area (Å²) < 4.78 is 0. The highest BCUT2D eigenvalue weighted by molar-refractivity contribution is 5.87. The van der Waals surface area contributed by atoms with Crippen molar-refractivity contribution in [2.45, 2.75) is 5.41 Å². The van der Waals surface area contributed by atoms with Crippen LogP contribution in [0.25, 0.3) is 11.1 Å². The van der Waals surface area contributed by atoms with E-state index < -0.39 is 5.41 Å². The van der Waals surface area contributed by atoms with Crippen molar-refractivity contribution in [3.63, 3.8) is 0 Å². The number of fused-ring (bicyclic) bond motifs is 3. The second kappa shape index (κ2) is 10.9. The van der Waals surface area contributed by atoms with Crippen molar-refractivity contribution in [3.05, 3.63) is 179 Å². The molecule has 0 radical (unpaired) electrons. The summed E-state index contributed by atoms with van der Waals surface area (Å²) in [5, 5.41) is 19.1. The number of rotatable bonds is 6. The second-order valence-corrected chi connectivity index (χ2v) is 10.6. The third kappa shape index (κ3) is 4.79. The van der Waals surface area contributed by atoms with Gasteiger partial charge in [-0.05, 0) is 117 Å². The molecule has 0 spiro atoms. The molecule has 206 valence electrons. The fourth-order valence-electron chi connectivity index (χ4n) is 6.04. The van der Waals surface area contributed by atoms with Crippen LogP contribution in [0.1, 0.15) is 33.4 Å². The lowest BCUT2D eigenvalue weighted by molar-refractivity contribution is 0.475. The predicted molar refractivity (Wildman–Crippen MR) is 174 cm³/mol. The van der Waals surface area contributed by atoms with E-state index in [0.717, 1.165) is 33.6 Å². The molecule has 4 nitrogen and oxygen atoms in total. The van der Waals surface area contributed by atoms with Gasteiger partial charge in [-0.25, -0.2) is 0 Å². The lowest BCUT2D eigenvalue weighted by atomic mass is 9.67. The number of nitrogens with zero attached hydrogens (tertiary/aromatic N) is 2. The second-order valence-electron chi connectivity index (χ2n) is 10.6. The largest absolute Gasteiger partial charge is 0.508 e. The molecule has 0 saturated heterocycles. The minimum Gasteiger partial charge on any atom is -0.508 e. The molecule has 1 aliphatic carbocycles. The summed E-state index contributed by atoms with van der Waals surface area (Å²) in [6.45, 7) is 0. The molecule has 1 aliphatic rings. The Hall–Kier alpha value is -5.74. The first-order valence-corrected chi connectivity index (χ1v) is 14.2. The molecule has 0 unspecified atom stereocenters. The Kier molecular flexibility index (Phi) is 6.65. The van der Waals surface area contributed by atoms with E-state index in [1.807, 2.05) is 36.7 Å². The molecule has 4 heteroatoms. The van der Waals surface area contributed by atoms with E-state index in [1.165, 1.54) is 22.3 Å². The Morgan fingerprint density at radius 3 is 1.19 bits per heavy atom. The van der Waals surface area contributed by atoms with Crippen LogP contribution < -0.4 is 0 Å². The van der Waals surface area contributed by atoms with Gasteiger partial charge in [-0.15, -0.1) is 0 Å². The third-order valence-electron chi connectivity index (χ3n) is 8.06. The van der Waals surface area contributed by atoms with Gasteiger partial charge in [0.15, 0.2) is 0 Å². The molecule has 6 aromatic carbocycles. The minimum atomic E-state index is -0.508. The monoisotopic (exact) mass is 556 g/mol. The van der Waals surface area contributed by atoms with Gasteiger partial charge in [-0.2, -0.15) is 0 Å². The summed E-state index contributed by atoms with van der Waals surface area (Å²) in [6, 6.07) is 48.3. The molecular formula is C39H28N2O2. The van der Waals surface area contributed by atoms with E-state index >= 15 is 0 Å². The van der Waals surface area contributed by atoms with Gasteiger partial charge in [0.2, 0.25) is 0 Å². The summed E-state index contributed by atoms with van der Waals surface area (Å²) in [5.74, 6) is 0.474. The maximum Gasteiger partial charge on any atom is 0.115 e.